The minimum Gasteiger partial charge on any atom is -0.465 e. The van der Waals surface area contributed by atoms with Gasteiger partial charge in [0.1, 0.15) is 11.4 Å². The molecular weight excluding hydrogens is 1020 g/mol. The van der Waals surface area contributed by atoms with Crippen LogP contribution in [0.4, 0.5) is 29.3 Å². The van der Waals surface area contributed by atoms with E-state index in [4.69, 9.17) is 16.3 Å². The molecule has 0 aliphatic carbocycles. The molecule has 0 radical (unpaired) electrons. The van der Waals surface area contributed by atoms with E-state index in [1.165, 1.54) is 30.9 Å². The number of anilines is 2. The van der Waals surface area contributed by atoms with E-state index in [1.54, 1.807) is 24.3 Å². The Hall–Kier alpha value is -5.84. The first kappa shape index (κ1) is 53.9. The van der Waals surface area contributed by atoms with Gasteiger partial charge in [-0.3, -0.25) is 14.5 Å². The van der Waals surface area contributed by atoms with Crippen molar-refractivity contribution < 1.29 is 54.2 Å². The molecule has 0 aromatic heterocycles. The van der Waals surface area contributed by atoms with Crippen LogP contribution in [0, 0.1) is 5.92 Å². The summed E-state index contributed by atoms with van der Waals surface area (Å²) in [4.78, 5) is 42.1. The van der Waals surface area contributed by atoms with Gasteiger partial charge < -0.3 is 30.3 Å². The highest BCUT2D eigenvalue weighted by Gasteiger charge is 2.48. The molecule has 22 heteroatoms. The van der Waals surface area contributed by atoms with Crippen LogP contribution in [0.25, 0.3) is 11.1 Å². The number of amides is 3. The van der Waals surface area contributed by atoms with Crippen molar-refractivity contribution in [2.45, 2.75) is 51.5 Å². The Morgan fingerprint density at radius 1 is 0.861 bits per heavy atom. The maximum atomic E-state index is 14.2. The molecule has 0 spiro atoms. The molecule has 2 heterocycles. The first-order valence-corrected chi connectivity index (χ1v) is 27.3. The summed E-state index contributed by atoms with van der Waals surface area (Å²) in [6, 6.07) is 31.5. The summed E-state index contributed by atoms with van der Waals surface area (Å²) in [5, 5.41) is 16.0. The average molecular weight is 1070 g/mol. The van der Waals surface area contributed by atoms with Crippen LogP contribution in [0.5, 0.6) is 0 Å². The molecule has 0 unspecified atom stereocenters. The zero-order chi connectivity index (χ0) is 51.6. The number of nitrogens with zero attached hydrogens (tertiary/aromatic N) is 3. The van der Waals surface area contributed by atoms with Gasteiger partial charge in [-0.1, -0.05) is 66.2 Å². The maximum absolute atomic E-state index is 14.2. The summed E-state index contributed by atoms with van der Waals surface area (Å²) >= 11 is 7.60. The van der Waals surface area contributed by atoms with E-state index >= 15 is 0 Å². The number of nitrogens with one attached hydrogen (secondary N) is 3. The number of sulfonamides is 1. The second-order valence-corrected chi connectivity index (χ2v) is 22.5. The number of ether oxygens (including phenoxy) is 1. The van der Waals surface area contributed by atoms with E-state index in [1.807, 2.05) is 71.5 Å². The lowest BCUT2D eigenvalue weighted by molar-refractivity contribution is -0.122. The fraction of sp³-hybridized carbons (Fsp3) is 0.340. The third kappa shape index (κ3) is 13.8. The molecule has 7 rings (SSSR count). The molecule has 2 fully saturated rings. The van der Waals surface area contributed by atoms with Gasteiger partial charge in [0, 0.05) is 72.7 Å². The van der Waals surface area contributed by atoms with Crippen molar-refractivity contribution in [1.29, 1.82) is 0 Å². The number of sulfone groups is 1. The number of morpholine rings is 1. The number of alkyl halides is 3. The van der Waals surface area contributed by atoms with Crippen LogP contribution < -0.4 is 20.3 Å². The number of hydrogen-bond donors (Lipinski definition) is 4. The van der Waals surface area contributed by atoms with Gasteiger partial charge in [-0.05, 0) is 109 Å². The fourth-order valence-electron chi connectivity index (χ4n) is 8.60. The number of benzene rings is 5. The largest absolute Gasteiger partial charge is 0.501 e. The van der Waals surface area contributed by atoms with Crippen LogP contribution in [0.3, 0.4) is 0 Å². The highest BCUT2D eigenvalue weighted by atomic mass is 35.5. The molecule has 0 saturated carbocycles. The van der Waals surface area contributed by atoms with Crippen molar-refractivity contribution >= 4 is 72.5 Å². The van der Waals surface area contributed by atoms with Crippen molar-refractivity contribution in [2.24, 2.45) is 5.92 Å². The number of hydrogen-bond acceptors (Lipinski definition) is 12. The van der Waals surface area contributed by atoms with Gasteiger partial charge in [-0.2, -0.15) is 13.2 Å². The summed E-state index contributed by atoms with van der Waals surface area (Å²) in [6.45, 7) is 3.56. The molecule has 384 valence electrons. The van der Waals surface area contributed by atoms with Gasteiger partial charge in [-0.15, -0.1) is 11.8 Å². The fourth-order valence-corrected chi connectivity index (χ4v) is 11.7. The molecule has 15 nitrogen and oxygen atoms in total. The number of halogens is 4. The van der Waals surface area contributed by atoms with Crippen molar-refractivity contribution in [3.05, 3.63) is 137 Å². The molecule has 5 aromatic rings. The number of piperidine rings is 1. The summed E-state index contributed by atoms with van der Waals surface area (Å²) in [5.41, 5.74) is -3.01. The Labute approximate surface area is 426 Å². The number of carboxylic acid groups (broad SMARTS) is 1. The quantitative estimate of drug-likeness (QED) is 0.0577. The predicted octanol–water partition coefficient (Wildman–Crippen LogP) is 8.40. The van der Waals surface area contributed by atoms with Crippen molar-refractivity contribution in [2.75, 3.05) is 75.5 Å². The Balaban J connectivity index is 1.05. The molecule has 0 bridgehead atoms. The number of thioether (sulfide) groups is 1. The maximum Gasteiger partial charge on any atom is 0.501 e. The average Bonchev–Trinajstić information content (AvgIpc) is 3.37. The van der Waals surface area contributed by atoms with Crippen LogP contribution >= 0.6 is 23.4 Å². The lowest BCUT2D eigenvalue weighted by atomic mass is 9.82. The van der Waals surface area contributed by atoms with E-state index in [-0.39, 0.29) is 18.0 Å². The van der Waals surface area contributed by atoms with E-state index < -0.39 is 70.8 Å². The minimum absolute atomic E-state index is 0.0825. The molecule has 2 saturated heterocycles. The van der Waals surface area contributed by atoms with Crippen molar-refractivity contribution in [3.63, 3.8) is 0 Å². The molecule has 72 heavy (non-hydrogen) atoms. The monoisotopic (exact) mass is 1070 g/mol. The number of likely N-dealkylation sites (N-methyl/N-ethyl adjacent to an activating group) is 1. The number of carbonyl (C=O) groups excluding carboxylic acids is 2. The lowest BCUT2D eigenvalue weighted by Crippen LogP contribution is -2.44. The van der Waals surface area contributed by atoms with Gasteiger partial charge in [0.05, 0.1) is 29.8 Å². The molecule has 2 aliphatic rings. The molecule has 5 aromatic carbocycles. The third-order valence-corrected chi connectivity index (χ3v) is 16.8. The number of carbonyl (C=O) groups is 3. The van der Waals surface area contributed by atoms with Gasteiger partial charge in [0.15, 0.2) is 0 Å². The van der Waals surface area contributed by atoms with Crippen LogP contribution in [0.15, 0.2) is 136 Å². The molecule has 2 atom stereocenters. The molecule has 4 N–H and O–H groups in total. The summed E-state index contributed by atoms with van der Waals surface area (Å²) in [7, 11) is -9.72. The van der Waals surface area contributed by atoms with Gasteiger partial charge >= 0.3 is 11.6 Å². The van der Waals surface area contributed by atoms with Gasteiger partial charge in [0.25, 0.3) is 25.8 Å². The van der Waals surface area contributed by atoms with E-state index in [2.05, 4.69) is 20.4 Å². The normalized spacial score (nSPS) is 15.8. The minimum atomic E-state index is -6.11. The van der Waals surface area contributed by atoms with Crippen LogP contribution in [-0.4, -0.2) is 126 Å². The first-order valence-electron chi connectivity index (χ1n) is 23.0. The van der Waals surface area contributed by atoms with E-state index in [0.717, 1.165) is 38.6 Å². The molecule has 3 amide bonds. The van der Waals surface area contributed by atoms with Gasteiger partial charge in [0.2, 0.25) is 5.91 Å². The zero-order valence-corrected chi connectivity index (χ0v) is 42.3. The summed E-state index contributed by atoms with van der Waals surface area (Å²) < 4.78 is 104. The number of rotatable bonds is 19. The lowest BCUT2D eigenvalue weighted by Gasteiger charge is -2.38. The van der Waals surface area contributed by atoms with Crippen molar-refractivity contribution in [1.82, 2.24) is 19.8 Å². The molecule has 2 aliphatic heterocycles. The Morgan fingerprint density at radius 3 is 2.17 bits per heavy atom. The SMILES string of the molecule is CN(CC(=O)N[C@@H](c1ccccc1-c1ccc(Cl)cc1)C1CCN(c2ccc(C(=O)NS(=O)(=O)c3ccc(N[C@H](CCN4CCOCC4)CSc4ccccc4)c(S(=O)(=O)C(F)(F)F)c3)cc2)CC1)C(=O)O. The smallest absolute Gasteiger partial charge is 0.465 e. The van der Waals surface area contributed by atoms with E-state index in [9.17, 15) is 49.5 Å². The van der Waals surface area contributed by atoms with Crippen molar-refractivity contribution in [3.8, 4) is 11.1 Å². The summed E-state index contributed by atoms with van der Waals surface area (Å²) in [6.07, 6.45) is 0.356. The van der Waals surface area contributed by atoms with Gasteiger partial charge in [-0.25, -0.2) is 26.4 Å². The third-order valence-electron chi connectivity index (χ3n) is 12.5. The second kappa shape index (κ2) is 23.8. The van der Waals surface area contributed by atoms with Crippen LogP contribution in [0.2, 0.25) is 5.02 Å². The molecular formula is C50H54ClF3N6O9S3. The summed E-state index contributed by atoms with van der Waals surface area (Å²) in [5.74, 6) is -1.32. The highest BCUT2D eigenvalue weighted by Crippen LogP contribution is 2.39. The first-order chi connectivity index (χ1) is 34.3. The highest BCUT2D eigenvalue weighted by molar-refractivity contribution is 7.99. The van der Waals surface area contributed by atoms with Crippen LogP contribution in [-0.2, 0) is 29.4 Å². The Bertz CT molecular complexity index is 2910. The van der Waals surface area contributed by atoms with Crippen LogP contribution in [0.1, 0.15) is 41.2 Å². The predicted molar refractivity (Wildman–Crippen MR) is 271 cm³/mol. The topological polar surface area (TPSA) is 195 Å². The second-order valence-electron chi connectivity index (χ2n) is 17.4. The zero-order valence-electron chi connectivity index (χ0n) is 39.1. The Morgan fingerprint density at radius 2 is 1.51 bits per heavy atom. The Kier molecular flexibility index (Phi) is 17.8. The standard InChI is InChI=1S/C50H54ClF3N6O9S3/c1-58(49(63)64)32-46(61)56-47(43-10-6-5-9-42(43)34-11-15-37(51)16-12-34)35-21-25-60(26-22-35)39-17-13-36(14-18-39)48(62)57-72(67,68)41-19-20-44(45(31-41)71(65,66)50(52,53)54)55-38(23-24-59-27-29-69-30-28-59)33-70-40-7-3-2-4-8-40/h2-20,31,35,38,47,55H,21-30,32-33H2,1H3,(H,56,61)(H,57,62)(H,63,64)/t38-,47-/m1/s1. The van der Waals surface area contributed by atoms with E-state index in [0.29, 0.717) is 87.7 Å².